The average Bonchev–Trinajstić information content (AvgIpc) is 3.63. The van der Waals surface area contributed by atoms with E-state index in [9.17, 15) is 61.3 Å². The monoisotopic (exact) mass is 1060 g/mol. The molecule has 0 aromatic heterocycles. The molecule has 0 aromatic rings. The van der Waals surface area contributed by atoms with Crippen LogP contribution in [0.2, 0.25) is 0 Å². The Kier molecular flexibility index (Phi) is 18.2. The lowest BCUT2D eigenvalue weighted by Gasteiger charge is -2.66. The van der Waals surface area contributed by atoms with Gasteiger partial charge in [0.2, 0.25) is 0 Å². The third-order valence-corrected chi connectivity index (χ3v) is 20.3. The van der Waals surface area contributed by atoms with Gasteiger partial charge >= 0.3 is 0 Å². The molecular weight excluding hydrogens is 969 g/mol. The van der Waals surface area contributed by atoms with Gasteiger partial charge in [-0.05, 0) is 112 Å². The molecule has 0 spiro atoms. The molecule has 74 heavy (non-hydrogen) atoms. The van der Waals surface area contributed by atoms with E-state index in [1.807, 2.05) is 0 Å². The van der Waals surface area contributed by atoms with Crippen molar-refractivity contribution in [2.24, 2.45) is 45.3 Å². The van der Waals surface area contributed by atoms with Crippen LogP contribution in [0, 0.1) is 45.3 Å². The van der Waals surface area contributed by atoms with Gasteiger partial charge in [0, 0.05) is 24.7 Å². The van der Waals surface area contributed by atoms with E-state index in [1.165, 1.54) is 5.57 Å². The summed E-state index contributed by atoms with van der Waals surface area (Å²) in [6.45, 7) is 15.6. The van der Waals surface area contributed by atoms with Gasteiger partial charge in [0.25, 0.3) is 0 Å². The van der Waals surface area contributed by atoms with Crippen molar-refractivity contribution in [2.75, 3.05) is 26.4 Å². The van der Waals surface area contributed by atoms with Crippen molar-refractivity contribution in [3.05, 3.63) is 11.6 Å². The summed E-state index contributed by atoms with van der Waals surface area (Å²) in [4.78, 5) is 0. The maximum Gasteiger partial charge on any atom is 0.187 e. The van der Waals surface area contributed by atoms with Gasteiger partial charge in [-0.3, -0.25) is 0 Å². The number of rotatable bonds is 17. The Balaban J connectivity index is 0.928. The summed E-state index contributed by atoms with van der Waals surface area (Å²) in [5.41, 5.74) is -0.230. The summed E-state index contributed by atoms with van der Waals surface area (Å²) in [6, 6.07) is 0. The molecule has 0 bridgehead atoms. The van der Waals surface area contributed by atoms with E-state index in [0.29, 0.717) is 30.6 Å². The maximum atomic E-state index is 11.7. The Labute approximate surface area is 436 Å². The summed E-state index contributed by atoms with van der Waals surface area (Å²) in [5, 5.41) is 128. The Morgan fingerprint density at radius 1 is 0.608 bits per heavy atom. The Morgan fingerprint density at radius 2 is 1.16 bits per heavy atom. The first kappa shape index (κ1) is 59.1. The van der Waals surface area contributed by atoms with Crippen molar-refractivity contribution in [1.29, 1.82) is 0 Å². The molecule has 4 heterocycles. The van der Waals surface area contributed by atoms with E-state index >= 15 is 0 Å². The molecule has 3 saturated carbocycles. The fourth-order valence-corrected chi connectivity index (χ4v) is 15.6. The summed E-state index contributed by atoms with van der Waals surface area (Å²) in [5.74, 6) is 1.42. The van der Waals surface area contributed by atoms with E-state index in [0.717, 1.165) is 44.9 Å². The summed E-state index contributed by atoms with van der Waals surface area (Å²) >= 11 is 0. The molecule has 4 aliphatic carbocycles. The Bertz CT molecular complexity index is 1880. The topological polar surface area (TPSA) is 317 Å². The van der Waals surface area contributed by atoms with E-state index in [4.69, 9.17) is 37.9 Å². The smallest absolute Gasteiger partial charge is 0.187 e. The zero-order chi connectivity index (χ0) is 54.0. The molecule has 8 rings (SSSR count). The molecular formula is C54H92O20. The second-order valence-corrected chi connectivity index (χ2v) is 25.5. The quantitative estimate of drug-likeness (QED) is 0.0900. The molecule has 7 fully saturated rings. The Hall–Kier alpha value is -1.06. The van der Waals surface area contributed by atoms with Crippen LogP contribution >= 0.6 is 0 Å². The number of aliphatic hydroxyl groups excluding tert-OH is 11. The molecule has 0 amide bonds. The van der Waals surface area contributed by atoms with Gasteiger partial charge in [-0.1, -0.05) is 53.2 Å². The number of allylic oxidation sites excluding steroid dienone is 1. The van der Waals surface area contributed by atoms with Crippen molar-refractivity contribution in [3.63, 3.8) is 0 Å². The van der Waals surface area contributed by atoms with E-state index in [1.54, 1.807) is 13.8 Å². The predicted molar refractivity (Wildman–Crippen MR) is 262 cm³/mol. The molecule has 428 valence electrons. The van der Waals surface area contributed by atoms with Crippen molar-refractivity contribution in [2.45, 2.75) is 255 Å². The normalized spacial score (nSPS) is 49.5. The standard InChI is InChI=1S/C54H92O20/c1-26(30-15-16-54(8)37-12-10-31-32(52(37,6)17-18-53(30,54)7)11-14-38(50(31,2)3)71-46-40(62)33(59)19-27(22-55)67-46)9-13-39(51(4,5)66)72-49-44(35(61)21-29(24-57)69-49)73-48-43(65)42(64)45(36(25-58)70-48)74-47-41(63)34(60)20-28(23-56)68-47/h10,26-30,32-49,55-66H,9,11-25H2,1-8H3/t26-,27+,28+,29+,30?,32?,33+,34+,35+,36?,37?,38+,39-,40-,41-,42-,43-,44?,45?,46+,47-,48+,49+,52+,53-,54+/m1/s1. The number of fused-ring (bicyclic) bond motifs is 5. The van der Waals surface area contributed by atoms with Crippen LogP contribution in [0.5, 0.6) is 0 Å². The van der Waals surface area contributed by atoms with Gasteiger partial charge in [-0.25, -0.2) is 0 Å². The fraction of sp³-hybridized carbons (Fsp3) is 0.963. The summed E-state index contributed by atoms with van der Waals surface area (Å²) in [7, 11) is 0. The van der Waals surface area contributed by atoms with Gasteiger partial charge in [-0.2, -0.15) is 0 Å². The largest absolute Gasteiger partial charge is 0.394 e. The lowest BCUT2D eigenvalue weighted by molar-refractivity contribution is -0.379. The lowest BCUT2D eigenvalue weighted by atomic mass is 9.39. The second-order valence-electron chi connectivity index (χ2n) is 25.5. The highest BCUT2D eigenvalue weighted by atomic mass is 16.8. The minimum Gasteiger partial charge on any atom is -0.394 e. The molecule has 20 heteroatoms. The number of aliphatic hydroxyl groups is 12. The molecule has 0 radical (unpaired) electrons. The zero-order valence-electron chi connectivity index (χ0n) is 44.8. The third kappa shape index (κ3) is 11.0. The van der Waals surface area contributed by atoms with Crippen LogP contribution in [0.15, 0.2) is 11.6 Å². The number of hydrogen-bond acceptors (Lipinski definition) is 20. The predicted octanol–water partition coefficient (Wildman–Crippen LogP) is 0.885. The van der Waals surface area contributed by atoms with Gasteiger partial charge < -0.3 is 99.2 Å². The van der Waals surface area contributed by atoms with Crippen molar-refractivity contribution >= 4 is 0 Å². The SMILES string of the molecule is C[C@H](CC[C@@H](O[C@@H]1O[C@H](CO)C[C@H](O)C1O[C@@H]1OC(CO)C(O[C@H]2O[C@H](CO)C[C@H](O)[C@H]2O)[C@H](O)[C@H]1O)C(C)(C)O)C1CC[C@@]2(C)C3CC=C4C(CC[C@H](O[C@@H]5O[C@H](CO)C[C@H](O)[C@H]5O)C4(C)C)[C@]3(C)CC[C@]12C. The molecule has 0 aromatic carbocycles. The van der Waals surface area contributed by atoms with Gasteiger partial charge in [0.1, 0.15) is 42.7 Å². The van der Waals surface area contributed by atoms with Crippen LogP contribution in [0.1, 0.15) is 132 Å². The Morgan fingerprint density at radius 3 is 1.74 bits per heavy atom. The fourth-order valence-electron chi connectivity index (χ4n) is 15.6. The van der Waals surface area contributed by atoms with Gasteiger partial charge in [0.05, 0.1) is 80.9 Å². The lowest BCUT2D eigenvalue weighted by Crippen LogP contribution is -2.64. The first-order valence-electron chi connectivity index (χ1n) is 27.6. The molecule has 4 saturated heterocycles. The molecule has 6 unspecified atom stereocenters. The minimum absolute atomic E-state index is 0.0273. The highest BCUT2D eigenvalue weighted by molar-refractivity contribution is 5.30. The van der Waals surface area contributed by atoms with Gasteiger partial charge in [-0.15, -0.1) is 0 Å². The second kappa shape index (κ2) is 22.8. The number of ether oxygens (including phenoxy) is 8. The maximum absolute atomic E-state index is 11.7. The molecule has 4 aliphatic heterocycles. The van der Waals surface area contributed by atoms with Crippen LogP contribution in [-0.4, -0.2) is 210 Å². The van der Waals surface area contributed by atoms with Crippen LogP contribution in [0.3, 0.4) is 0 Å². The van der Waals surface area contributed by atoms with E-state index in [-0.39, 0.29) is 59.6 Å². The van der Waals surface area contributed by atoms with Gasteiger partial charge in [0.15, 0.2) is 25.2 Å². The third-order valence-electron chi connectivity index (χ3n) is 20.3. The number of hydrogen-bond donors (Lipinski definition) is 12. The first-order chi connectivity index (χ1) is 34.8. The van der Waals surface area contributed by atoms with E-state index in [2.05, 4.69) is 47.6 Å². The van der Waals surface area contributed by atoms with Crippen LogP contribution in [-0.2, 0) is 37.9 Å². The average molecular weight is 1060 g/mol. The van der Waals surface area contributed by atoms with E-state index < -0.39 is 136 Å². The molecule has 8 aliphatic rings. The first-order valence-corrected chi connectivity index (χ1v) is 27.6. The summed E-state index contributed by atoms with van der Waals surface area (Å²) < 4.78 is 48.6. The minimum atomic E-state index is -1.85. The van der Waals surface area contributed by atoms with Crippen molar-refractivity contribution in [1.82, 2.24) is 0 Å². The highest BCUT2D eigenvalue weighted by Gasteiger charge is 2.68. The van der Waals surface area contributed by atoms with Crippen molar-refractivity contribution < 1.29 is 99.2 Å². The van der Waals surface area contributed by atoms with Crippen LogP contribution in [0.25, 0.3) is 0 Å². The van der Waals surface area contributed by atoms with Crippen LogP contribution in [0.4, 0.5) is 0 Å². The van der Waals surface area contributed by atoms with Crippen molar-refractivity contribution in [3.8, 4) is 0 Å². The molecule has 20 nitrogen and oxygen atoms in total. The molecule has 26 atom stereocenters. The summed E-state index contributed by atoms with van der Waals surface area (Å²) in [6.07, 6.45) is -12.9. The zero-order valence-corrected chi connectivity index (χ0v) is 44.8. The highest BCUT2D eigenvalue weighted by Crippen LogP contribution is 2.75. The van der Waals surface area contributed by atoms with Crippen LogP contribution < -0.4 is 0 Å². The molecule has 12 N–H and O–H groups in total.